The summed E-state index contributed by atoms with van der Waals surface area (Å²) in [5.74, 6) is 0. The van der Waals surface area contributed by atoms with Crippen molar-refractivity contribution in [1.29, 1.82) is 0 Å². The van der Waals surface area contributed by atoms with E-state index in [0.29, 0.717) is 5.41 Å². The number of nitrogens with one attached hydrogen (secondary N) is 1. The highest BCUT2D eigenvalue weighted by molar-refractivity contribution is 7.12. The van der Waals surface area contributed by atoms with Gasteiger partial charge >= 0.3 is 0 Å². The topological polar surface area (TPSA) is 12.0 Å². The molecule has 0 spiro atoms. The van der Waals surface area contributed by atoms with Crippen molar-refractivity contribution in [3.63, 3.8) is 0 Å². The first-order valence-corrected chi connectivity index (χ1v) is 6.15. The van der Waals surface area contributed by atoms with Gasteiger partial charge in [0.2, 0.25) is 0 Å². The molecule has 1 rings (SSSR count). The Kier molecular flexibility index (Phi) is 4.14. The summed E-state index contributed by atoms with van der Waals surface area (Å²) in [5.41, 5.74) is 0.299. The SMILES string of the molecule is CCCNCc1ccc(C(C)(C)C)s1. The third-order valence-electron chi connectivity index (χ3n) is 2.13. The van der Waals surface area contributed by atoms with E-state index in [-0.39, 0.29) is 0 Å². The fourth-order valence-electron chi connectivity index (χ4n) is 1.26. The summed E-state index contributed by atoms with van der Waals surface area (Å²) in [6.07, 6.45) is 1.21. The van der Waals surface area contributed by atoms with Crippen molar-refractivity contribution in [2.45, 2.75) is 46.1 Å². The third kappa shape index (κ3) is 3.43. The molecule has 0 atom stereocenters. The van der Waals surface area contributed by atoms with Gasteiger partial charge in [0.15, 0.2) is 0 Å². The second-order valence-corrected chi connectivity index (χ2v) is 5.86. The second-order valence-electron chi connectivity index (χ2n) is 4.69. The lowest BCUT2D eigenvalue weighted by Crippen LogP contribution is -2.12. The Bertz CT molecular complexity index is 270. The van der Waals surface area contributed by atoms with Crippen LogP contribution in [0.3, 0.4) is 0 Å². The van der Waals surface area contributed by atoms with Gasteiger partial charge in [-0.15, -0.1) is 11.3 Å². The van der Waals surface area contributed by atoms with E-state index in [9.17, 15) is 0 Å². The fourth-order valence-corrected chi connectivity index (χ4v) is 2.30. The molecule has 0 saturated heterocycles. The van der Waals surface area contributed by atoms with Crippen LogP contribution in [0.5, 0.6) is 0 Å². The van der Waals surface area contributed by atoms with Crippen molar-refractivity contribution in [2.75, 3.05) is 6.54 Å². The molecule has 0 saturated carbocycles. The average molecular weight is 211 g/mol. The summed E-state index contributed by atoms with van der Waals surface area (Å²) in [6, 6.07) is 4.50. The molecule has 0 amide bonds. The predicted molar refractivity (Wildman–Crippen MR) is 65.0 cm³/mol. The molecule has 0 unspecified atom stereocenters. The largest absolute Gasteiger partial charge is 0.312 e. The highest BCUT2D eigenvalue weighted by atomic mass is 32.1. The first-order valence-electron chi connectivity index (χ1n) is 5.34. The van der Waals surface area contributed by atoms with Gasteiger partial charge in [0.05, 0.1) is 0 Å². The standard InChI is InChI=1S/C12H21NS/c1-5-8-13-9-10-6-7-11(14-10)12(2,3)4/h6-7,13H,5,8-9H2,1-4H3. The molecule has 1 aromatic rings. The first-order chi connectivity index (χ1) is 6.54. The Balaban J connectivity index is 2.51. The maximum atomic E-state index is 3.43. The zero-order valence-corrected chi connectivity index (χ0v) is 10.5. The van der Waals surface area contributed by atoms with Gasteiger partial charge in [-0.3, -0.25) is 0 Å². The first kappa shape index (κ1) is 11.7. The molecule has 0 aliphatic carbocycles. The van der Waals surface area contributed by atoms with Crippen molar-refractivity contribution in [3.05, 3.63) is 21.9 Å². The van der Waals surface area contributed by atoms with Gasteiger partial charge in [-0.1, -0.05) is 27.7 Å². The molecule has 0 bridgehead atoms. The number of rotatable bonds is 4. The summed E-state index contributed by atoms with van der Waals surface area (Å²) in [6.45, 7) is 11.1. The van der Waals surface area contributed by atoms with Gasteiger partial charge in [0.25, 0.3) is 0 Å². The van der Waals surface area contributed by atoms with Gasteiger partial charge in [-0.2, -0.15) is 0 Å². The molecule has 0 aliphatic rings. The predicted octanol–water partition coefficient (Wildman–Crippen LogP) is 3.55. The lowest BCUT2D eigenvalue weighted by atomic mass is 9.95. The van der Waals surface area contributed by atoms with Crippen LogP contribution in [-0.4, -0.2) is 6.54 Å². The van der Waals surface area contributed by atoms with Crippen LogP contribution in [0.4, 0.5) is 0 Å². The van der Waals surface area contributed by atoms with Gasteiger partial charge in [-0.05, 0) is 30.5 Å². The highest BCUT2D eigenvalue weighted by Gasteiger charge is 2.15. The minimum Gasteiger partial charge on any atom is -0.312 e. The molecule has 1 nitrogen and oxygen atoms in total. The Hall–Kier alpha value is -0.340. The second kappa shape index (κ2) is 4.94. The van der Waals surface area contributed by atoms with E-state index in [0.717, 1.165) is 13.1 Å². The van der Waals surface area contributed by atoms with Crippen molar-refractivity contribution in [1.82, 2.24) is 5.32 Å². The summed E-state index contributed by atoms with van der Waals surface area (Å²) in [4.78, 5) is 2.93. The van der Waals surface area contributed by atoms with Crippen LogP contribution in [0.1, 0.15) is 43.9 Å². The smallest absolute Gasteiger partial charge is 0.0299 e. The maximum Gasteiger partial charge on any atom is 0.0299 e. The zero-order chi connectivity index (χ0) is 10.6. The molecular weight excluding hydrogens is 190 g/mol. The molecule has 14 heavy (non-hydrogen) atoms. The average Bonchev–Trinajstić information content (AvgIpc) is 2.52. The van der Waals surface area contributed by atoms with Crippen LogP contribution < -0.4 is 5.32 Å². The summed E-state index contributed by atoms with van der Waals surface area (Å²) in [5, 5.41) is 3.43. The van der Waals surface area contributed by atoms with Crippen LogP contribution >= 0.6 is 11.3 Å². The van der Waals surface area contributed by atoms with E-state index in [1.54, 1.807) is 0 Å². The minimum atomic E-state index is 0.299. The molecule has 1 N–H and O–H groups in total. The van der Waals surface area contributed by atoms with Gasteiger partial charge in [0, 0.05) is 16.3 Å². The van der Waals surface area contributed by atoms with Crippen molar-refractivity contribution in [3.8, 4) is 0 Å². The molecule has 0 aliphatic heterocycles. The van der Waals surface area contributed by atoms with Crippen LogP contribution in [0.25, 0.3) is 0 Å². The fraction of sp³-hybridized carbons (Fsp3) is 0.667. The Morgan fingerprint density at radius 2 is 2.00 bits per heavy atom. The lowest BCUT2D eigenvalue weighted by Gasteiger charge is -2.15. The van der Waals surface area contributed by atoms with Gasteiger partial charge in [0.1, 0.15) is 0 Å². The van der Waals surface area contributed by atoms with Crippen molar-refractivity contribution in [2.24, 2.45) is 0 Å². The van der Waals surface area contributed by atoms with E-state index < -0.39 is 0 Å². The van der Waals surface area contributed by atoms with Gasteiger partial charge < -0.3 is 5.32 Å². The molecule has 80 valence electrons. The van der Waals surface area contributed by atoms with Gasteiger partial charge in [-0.25, -0.2) is 0 Å². The number of hydrogen-bond acceptors (Lipinski definition) is 2. The molecule has 0 fully saturated rings. The van der Waals surface area contributed by atoms with Crippen LogP contribution in [0, 0.1) is 0 Å². The maximum absolute atomic E-state index is 3.43. The van der Waals surface area contributed by atoms with Crippen LogP contribution in [0.2, 0.25) is 0 Å². The molecule has 1 heterocycles. The summed E-state index contributed by atoms with van der Waals surface area (Å²) >= 11 is 1.93. The number of thiophene rings is 1. The van der Waals surface area contributed by atoms with E-state index in [2.05, 4.69) is 45.1 Å². The van der Waals surface area contributed by atoms with E-state index in [1.165, 1.54) is 16.2 Å². The molecule has 1 aromatic heterocycles. The summed E-state index contributed by atoms with van der Waals surface area (Å²) in [7, 11) is 0. The van der Waals surface area contributed by atoms with Crippen LogP contribution in [0.15, 0.2) is 12.1 Å². The molecular formula is C12H21NS. The van der Waals surface area contributed by atoms with E-state index >= 15 is 0 Å². The minimum absolute atomic E-state index is 0.299. The van der Waals surface area contributed by atoms with E-state index in [4.69, 9.17) is 0 Å². The molecule has 0 aromatic carbocycles. The lowest BCUT2D eigenvalue weighted by molar-refractivity contribution is 0.604. The van der Waals surface area contributed by atoms with Crippen molar-refractivity contribution >= 4 is 11.3 Å². The molecule has 0 radical (unpaired) electrons. The van der Waals surface area contributed by atoms with Crippen molar-refractivity contribution < 1.29 is 0 Å². The molecule has 2 heteroatoms. The summed E-state index contributed by atoms with van der Waals surface area (Å²) < 4.78 is 0. The number of hydrogen-bond donors (Lipinski definition) is 1. The quantitative estimate of drug-likeness (QED) is 0.751. The normalized spacial score (nSPS) is 12.0. The highest BCUT2D eigenvalue weighted by Crippen LogP contribution is 2.29. The monoisotopic (exact) mass is 211 g/mol. The Morgan fingerprint density at radius 3 is 2.50 bits per heavy atom. The van der Waals surface area contributed by atoms with Crippen LogP contribution in [-0.2, 0) is 12.0 Å². The third-order valence-corrected chi connectivity index (χ3v) is 3.64. The van der Waals surface area contributed by atoms with E-state index in [1.807, 2.05) is 11.3 Å². The Labute approximate surface area is 91.5 Å². The Morgan fingerprint density at radius 1 is 1.29 bits per heavy atom. The zero-order valence-electron chi connectivity index (χ0n) is 9.68.